The molecule has 6 heteroatoms. The molecule has 0 spiro atoms. The van der Waals surface area contributed by atoms with E-state index in [0.717, 1.165) is 71.9 Å². The molecular weight excluding hydrogens is 352 g/mol. The molecule has 2 heterocycles. The minimum absolute atomic E-state index is 0.108. The molecule has 0 aromatic heterocycles. The Bertz CT molecular complexity index is 589. The highest BCUT2D eigenvalue weighted by atomic mass is 16.5. The number of nitrogens with zero attached hydrogens (tertiary/aromatic N) is 3. The van der Waals surface area contributed by atoms with Gasteiger partial charge in [0.1, 0.15) is 0 Å². The minimum Gasteiger partial charge on any atom is -0.380 e. The van der Waals surface area contributed by atoms with E-state index in [-0.39, 0.29) is 12.1 Å². The summed E-state index contributed by atoms with van der Waals surface area (Å²) in [5, 5.41) is 3.36. The molecule has 28 heavy (non-hydrogen) atoms. The SMILES string of the molecule is CCOCCN1CCN(C(=O)N[C@@H]2CCN(C)C[C@@H]2Cc2ccccc2)CC1. The van der Waals surface area contributed by atoms with Crippen LogP contribution in [0, 0.1) is 5.92 Å². The van der Waals surface area contributed by atoms with Gasteiger partial charge in [-0.2, -0.15) is 0 Å². The van der Waals surface area contributed by atoms with Gasteiger partial charge in [0, 0.05) is 51.9 Å². The fourth-order valence-corrected chi connectivity index (χ4v) is 4.29. The van der Waals surface area contributed by atoms with Gasteiger partial charge in [-0.3, -0.25) is 4.90 Å². The lowest BCUT2D eigenvalue weighted by atomic mass is 9.87. The highest BCUT2D eigenvalue weighted by molar-refractivity contribution is 5.74. The van der Waals surface area contributed by atoms with E-state index >= 15 is 0 Å². The molecule has 0 bridgehead atoms. The third kappa shape index (κ3) is 6.19. The van der Waals surface area contributed by atoms with Gasteiger partial charge in [-0.15, -0.1) is 0 Å². The Morgan fingerprint density at radius 3 is 2.61 bits per heavy atom. The van der Waals surface area contributed by atoms with Crippen molar-refractivity contribution in [1.29, 1.82) is 0 Å². The van der Waals surface area contributed by atoms with Crippen molar-refractivity contribution in [3.05, 3.63) is 35.9 Å². The van der Waals surface area contributed by atoms with Crippen LogP contribution < -0.4 is 5.32 Å². The second-order valence-corrected chi connectivity index (χ2v) is 8.08. The van der Waals surface area contributed by atoms with Gasteiger partial charge < -0.3 is 19.9 Å². The van der Waals surface area contributed by atoms with Crippen molar-refractivity contribution in [2.75, 3.05) is 66.1 Å². The number of nitrogens with one attached hydrogen (secondary N) is 1. The normalized spacial score (nSPS) is 24.3. The molecule has 1 N–H and O–H groups in total. The standard InChI is InChI=1S/C22H36N4O2/c1-3-28-16-15-25-11-13-26(14-12-25)22(27)23-21-9-10-24(2)18-20(21)17-19-7-5-4-6-8-19/h4-8,20-21H,3,9-18H2,1-2H3,(H,23,27)/t20-,21+/m0/s1. The van der Waals surface area contributed by atoms with Gasteiger partial charge in [-0.1, -0.05) is 30.3 Å². The van der Waals surface area contributed by atoms with Gasteiger partial charge in [0.2, 0.25) is 0 Å². The number of ether oxygens (including phenoxy) is 1. The third-order valence-electron chi connectivity index (χ3n) is 6.00. The maximum atomic E-state index is 12.9. The lowest BCUT2D eigenvalue weighted by molar-refractivity contribution is 0.0854. The Labute approximate surface area is 169 Å². The van der Waals surface area contributed by atoms with Crippen LogP contribution in [-0.4, -0.2) is 92.8 Å². The maximum absolute atomic E-state index is 12.9. The monoisotopic (exact) mass is 388 g/mol. The number of piperazine rings is 1. The quantitative estimate of drug-likeness (QED) is 0.725. The summed E-state index contributed by atoms with van der Waals surface area (Å²) in [6.07, 6.45) is 2.04. The maximum Gasteiger partial charge on any atom is 0.317 e. The summed E-state index contributed by atoms with van der Waals surface area (Å²) in [4.78, 5) is 19.6. The first-order valence-electron chi connectivity index (χ1n) is 10.7. The van der Waals surface area contributed by atoms with Crippen molar-refractivity contribution in [1.82, 2.24) is 20.0 Å². The average molecular weight is 389 g/mol. The van der Waals surface area contributed by atoms with Crippen LogP contribution >= 0.6 is 0 Å². The highest BCUT2D eigenvalue weighted by Crippen LogP contribution is 2.21. The first kappa shape index (κ1) is 21.1. The predicted molar refractivity (Wildman–Crippen MR) is 113 cm³/mol. The molecule has 6 nitrogen and oxygen atoms in total. The van der Waals surface area contributed by atoms with Gasteiger partial charge in [0.25, 0.3) is 0 Å². The van der Waals surface area contributed by atoms with E-state index in [1.165, 1.54) is 5.56 Å². The number of piperidine rings is 1. The smallest absolute Gasteiger partial charge is 0.317 e. The van der Waals surface area contributed by atoms with Crippen LogP contribution in [0.5, 0.6) is 0 Å². The van der Waals surface area contributed by atoms with Crippen LogP contribution in [0.4, 0.5) is 4.79 Å². The summed E-state index contributed by atoms with van der Waals surface area (Å²) in [5.41, 5.74) is 1.35. The number of carbonyl (C=O) groups is 1. The van der Waals surface area contributed by atoms with Crippen molar-refractivity contribution in [2.45, 2.75) is 25.8 Å². The van der Waals surface area contributed by atoms with E-state index in [1.54, 1.807) is 0 Å². The molecule has 1 aromatic rings. The number of hydrogen-bond acceptors (Lipinski definition) is 4. The van der Waals surface area contributed by atoms with Crippen molar-refractivity contribution in [3.8, 4) is 0 Å². The molecular formula is C22H36N4O2. The Balaban J connectivity index is 1.49. The largest absolute Gasteiger partial charge is 0.380 e. The van der Waals surface area contributed by atoms with Crippen LogP contribution in [0.25, 0.3) is 0 Å². The summed E-state index contributed by atoms with van der Waals surface area (Å²) < 4.78 is 5.44. The second kappa shape index (κ2) is 10.8. The molecule has 0 unspecified atom stereocenters. The zero-order chi connectivity index (χ0) is 19.8. The van der Waals surface area contributed by atoms with Gasteiger partial charge in [-0.25, -0.2) is 4.79 Å². The highest BCUT2D eigenvalue weighted by Gasteiger charge is 2.31. The molecule has 3 rings (SSSR count). The van der Waals surface area contributed by atoms with Crippen LogP contribution in [0.3, 0.4) is 0 Å². The average Bonchev–Trinajstić information content (AvgIpc) is 2.71. The van der Waals surface area contributed by atoms with Crippen molar-refractivity contribution < 1.29 is 9.53 Å². The summed E-state index contributed by atoms with van der Waals surface area (Å²) in [6, 6.07) is 11.0. The van der Waals surface area contributed by atoms with Crippen molar-refractivity contribution in [3.63, 3.8) is 0 Å². The van der Waals surface area contributed by atoms with Crippen LogP contribution in [0.15, 0.2) is 30.3 Å². The number of likely N-dealkylation sites (tertiary alicyclic amines) is 1. The minimum atomic E-state index is 0.108. The molecule has 2 saturated heterocycles. The Morgan fingerprint density at radius 2 is 1.89 bits per heavy atom. The van der Waals surface area contributed by atoms with E-state index in [0.29, 0.717) is 5.92 Å². The number of urea groups is 1. The first-order valence-corrected chi connectivity index (χ1v) is 10.7. The van der Waals surface area contributed by atoms with Crippen molar-refractivity contribution in [2.24, 2.45) is 5.92 Å². The molecule has 0 radical (unpaired) electrons. The molecule has 2 aliphatic heterocycles. The number of benzene rings is 1. The van der Waals surface area contributed by atoms with E-state index in [9.17, 15) is 4.79 Å². The molecule has 2 fully saturated rings. The number of rotatable bonds is 7. The first-order chi connectivity index (χ1) is 13.7. The summed E-state index contributed by atoms with van der Waals surface area (Å²) in [5.74, 6) is 0.456. The topological polar surface area (TPSA) is 48.1 Å². The Hall–Kier alpha value is -1.63. The Morgan fingerprint density at radius 1 is 1.14 bits per heavy atom. The number of amides is 2. The summed E-state index contributed by atoms with van der Waals surface area (Å²) in [6.45, 7) is 10.1. The lowest BCUT2D eigenvalue weighted by Gasteiger charge is -2.40. The van der Waals surface area contributed by atoms with Gasteiger partial charge in [0.15, 0.2) is 0 Å². The fraction of sp³-hybridized carbons (Fsp3) is 0.682. The van der Waals surface area contributed by atoms with E-state index in [2.05, 4.69) is 52.5 Å². The van der Waals surface area contributed by atoms with E-state index < -0.39 is 0 Å². The van der Waals surface area contributed by atoms with E-state index in [1.807, 2.05) is 11.8 Å². The third-order valence-corrected chi connectivity index (χ3v) is 6.00. The van der Waals surface area contributed by atoms with Crippen LogP contribution in [-0.2, 0) is 11.2 Å². The molecule has 0 aliphatic carbocycles. The summed E-state index contributed by atoms with van der Waals surface area (Å²) in [7, 11) is 2.18. The van der Waals surface area contributed by atoms with Crippen LogP contribution in [0.2, 0.25) is 0 Å². The van der Waals surface area contributed by atoms with Gasteiger partial charge >= 0.3 is 6.03 Å². The number of carbonyl (C=O) groups excluding carboxylic acids is 1. The number of hydrogen-bond donors (Lipinski definition) is 1. The van der Waals surface area contributed by atoms with Gasteiger partial charge in [0.05, 0.1) is 6.61 Å². The zero-order valence-electron chi connectivity index (χ0n) is 17.5. The summed E-state index contributed by atoms with van der Waals surface area (Å²) >= 11 is 0. The molecule has 2 atom stereocenters. The van der Waals surface area contributed by atoms with Crippen LogP contribution in [0.1, 0.15) is 18.9 Å². The van der Waals surface area contributed by atoms with Crippen molar-refractivity contribution >= 4 is 6.03 Å². The fourth-order valence-electron chi connectivity index (χ4n) is 4.29. The van der Waals surface area contributed by atoms with E-state index in [4.69, 9.17) is 4.74 Å². The predicted octanol–water partition coefficient (Wildman–Crippen LogP) is 1.91. The molecule has 156 valence electrons. The zero-order valence-corrected chi connectivity index (χ0v) is 17.5. The van der Waals surface area contributed by atoms with Gasteiger partial charge in [-0.05, 0) is 44.8 Å². The molecule has 1 aromatic carbocycles. The molecule has 2 amide bonds. The second-order valence-electron chi connectivity index (χ2n) is 8.08. The molecule has 0 saturated carbocycles. The molecule has 2 aliphatic rings. The lowest BCUT2D eigenvalue weighted by Crippen LogP contribution is -2.57. The Kier molecular flexibility index (Phi) is 8.13.